The number of benzene rings is 1. The molecule has 0 saturated carbocycles. The first-order valence-corrected chi connectivity index (χ1v) is 6.72. The molecule has 1 rings (SSSR count). The second-order valence-electron chi connectivity index (χ2n) is 4.71. The van der Waals surface area contributed by atoms with E-state index in [1.165, 1.54) is 30.5 Å². The molecule has 0 fully saturated rings. The summed E-state index contributed by atoms with van der Waals surface area (Å²) >= 11 is 0. The number of rotatable bonds is 8. The largest absolute Gasteiger partial charge is 0.383 e. The minimum absolute atomic E-state index is 0.509. The molecule has 0 heterocycles. The zero-order chi connectivity index (χ0) is 12.5. The molecule has 0 saturated heterocycles. The molecule has 1 heteroatoms. The van der Waals surface area contributed by atoms with Crippen LogP contribution in [0, 0.1) is 0 Å². The lowest BCUT2D eigenvalue weighted by atomic mass is 10.1. The van der Waals surface area contributed by atoms with Gasteiger partial charge < -0.3 is 5.32 Å². The van der Waals surface area contributed by atoms with Crippen LogP contribution in [0.15, 0.2) is 36.9 Å². The summed E-state index contributed by atoms with van der Waals surface area (Å²) < 4.78 is 0. The van der Waals surface area contributed by atoms with E-state index in [0.717, 1.165) is 12.8 Å². The van der Waals surface area contributed by atoms with Crippen LogP contribution in [-0.4, -0.2) is 6.04 Å². The minimum atomic E-state index is 0.509. The maximum Gasteiger partial charge on any atom is 0.0342 e. The number of anilines is 1. The van der Waals surface area contributed by atoms with E-state index in [4.69, 9.17) is 0 Å². The first-order valence-electron chi connectivity index (χ1n) is 6.72. The third kappa shape index (κ3) is 5.58. The lowest BCUT2D eigenvalue weighted by molar-refractivity contribution is 0.719. The standard InChI is InChI=1S/C16H25N/c1-4-6-8-14(3)17-16-12-10-15(11-13-16)9-7-5-2/h4,10-14,17H,1,5-9H2,2-3H3. The average molecular weight is 231 g/mol. The van der Waals surface area contributed by atoms with E-state index in [1.807, 2.05) is 6.08 Å². The molecule has 1 aromatic carbocycles. The normalized spacial score (nSPS) is 12.1. The number of unbranched alkanes of at least 4 members (excludes halogenated alkanes) is 1. The summed E-state index contributed by atoms with van der Waals surface area (Å²) in [6.07, 6.45) is 7.93. The van der Waals surface area contributed by atoms with E-state index in [9.17, 15) is 0 Å². The van der Waals surface area contributed by atoms with Crippen LogP contribution in [-0.2, 0) is 6.42 Å². The average Bonchev–Trinajstić information content (AvgIpc) is 2.35. The van der Waals surface area contributed by atoms with Gasteiger partial charge in [-0.3, -0.25) is 0 Å². The summed E-state index contributed by atoms with van der Waals surface area (Å²) in [7, 11) is 0. The maximum absolute atomic E-state index is 3.75. The molecular formula is C16H25N. The Hall–Kier alpha value is -1.24. The molecule has 1 unspecified atom stereocenters. The molecule has 0 aromatic heterocycles. The van der Waals surface area contributed by atoms with Crippen LogP contribution < -0.4 is 5.32 Å². The smallest absolute Gasteiger partial charge is 0.0342 e. The van der Waals surface area contributed by atoms with E-state index in [-0.39, 0.29) is 0 Å². The van der Waals surface area contributed by atoms with Crippen molar-refractivity contribution in [1.82, 2.24) is 0 Å². The van der Waals surface area contributed by atoms with E-state index < -0.39 is 0 Å². The minimum Gasteiger partial charge on any atom is -0.383 e. The Bertz CT molecular complexity index is 313. The molecular weight excluding hydrogens is 206 g/mol. The van der Waals surface area contributed by atoms with E-state index in [0.29, 0.717) is 6.04 Å². The number of allylic oxidation sites excluding steroid dienone is 1. The lowest BCUT2D eigenvalue weighted by Crippen LogP contribution is -2.14. The van der Waals surface area contributed by atoms with Crippen LogP contribution in [0.3, 0.4) is 0 Å². The molecule has 1 atom stereocenters. The Morgan fingerprint density at radius 1 is 1.29 bits per heavy atom. The molecule has 0 amide bonds. The van der Waals surface area contributed by atoms with Crippen molar-refractivity contribution in [2.75, 3.05) is 5.32 Å². The van der Waals surface area contributed by atoms with Gasteiger partial charge in [-0.25, -0.2) is 0 Å². The van der Waals surface area contributed by atoms with E-state index in [1.54, 1.807) is 0 Å². The number of hydrogen-bond acceptors (Lipinski definition) is 1. The van der Waals surface area contributed by atoms with E-state index >= 15 is 0 Å². The van der Waals surface area contributed by atoms with Gasteiger partial charge in [0.05, 0.1) is 0 Å². The van der Waals surface area contributed by atoms with Gasteiger partial charge >= 0.3 is 0 Å². The van der Waals surface area contributed by atoms with Crippen LogP contribution in [0.25, 0.3) is 0 Å². The van der Waals surface area contributed by atoms with Gasteiger partial charge in [-0.15, -0.1) is 6.58 Å². The fraction of sp³-hybridized carbons (Fsp3) is 0.500. The zero-order valence-corrected chi connectivity index (χ0v) is 11.2. The summed E-state index contributed by atoms with van der Waals surface area (Å²) in [6, 6.07) is 9.36. The highest BCUT2D eigenvalue weighted by Crippen LogP contribution is 2.14. The van der Waals surface area contributed by atoms with E-state index in [2.05, 4.69) is 50.0 Å². The van der Waals surface area contributed by atoms with Crippen LogP contribution in [0.1, 0.15) is 45.1 Å². The summed E-state index contributed by atoms with van der Waals surface area (Å²) in [6.45, 7) is 8.20. The molecule has 0 spiro atoms. The lowest BCUT2D eigenvalue weighted by Gasteiger charge is -2.14. The summed E-state index contributed by atoms with van der Waals surface area (Å²) in [5.41, 5.74) is 2.66. The number of hydrogen-bond donors (Lipinski definition) is 1. The molecule has 0 aliphatic heterocycles. The van der Waals surface area contributed by atoms with Crippen LogP contribution in [0.5, 0.6) is 0 Å². The van der Waals surface area contributed by atoms with Crippen LogP contribution in [0.2, 0.25) is 0 Å². The zero-order valence-electron chi connectivity index (χ0n) is 11.2. The molecule has 0 aliphatic carbocycles. The predicted molar refractivity (Wildman–Crippen MR) is 77.6 cm³/mol. The van der Waals surface area contributed by atoms with Crippen molar-refractivity contribution in [3.8, 4) is 0 Å². The van der Waals surface area contributed by atoms with Gasteiger partial charge in [-0.2, -0.15) is 0 Å². The topological polar surface area (TPSA) is 12.0 Å². The van der Waals surface area contributed by atoms with Crippen molar-refractivity contribution in [2.45, 2.75) is 52.0 Å². The quantitative estimate of drug-likeness (QED) is 0.634. The number of nitrogens with one attached hydrogen (secondary N) is 1. The van der Waals surface area contributed by atoms with Gasteiger partial charge in [0.2, 0.25) is 0 Å². The Morgan fingerprint density at radius 3 is 2.59 bits per heavy atom. The van der Waals surface area contributed by atoms with Gasteiger partial charge in [-0.1, -0.05) is 31.6 Å². The van der Waals surface area contributed by atoms with Crippen molar-refractivity contribution in [3.05, 3.63) is 42.5 Å². The molecule has 17 heavy (non-hydrogen) atoms. The predicted octanol–water partition coefficient (Wildman–Crippen LogP) is 4.80. The number of aryl methyl sites for hydroxylation is 1. The van der Waals surface area contributed by atoms with Crippen molar-refractivity contribution in [3.63, 3.8) is 0 Å². The Morgan fingerprint density at radius 2 is 2.00 bits per heavy atom. The SMILES string of the molecule is C=CCCC(C)Nc1ccc(CCCC)cc1. The fourth-order valence-electron chi connectivity index (χ4n) is 1.87. The highest BCUT2D eigenvalue weighted by Gasteiger charge is 2.00. The fourth-order valence-corrected chi connectivity index (χ4v) is 1.87. The second-order valence-corrected chi connectivity index (χ2v) is 4.71. The molecule has 1 N–H and O–H groups in total. The summed E-state index contributed by atoms with van der Waals surface area (Å²) in [5, 5.41) is 3.51. The van der Waals surface area contributed by atoms with Gasteiger partial charge in [0, 0.05) is 11.7 Å². The van der Waals surface area contributed by atoms with Crippen LogP contribution in [0.4, 0.5) is 5.69 Å². The Balaban J connectivity index is 2.41. The Kier molecular flexibility index (Phi) is 6.46. The Labute approximate surface area is 106 Å². The second kappa shape index (κ2) is 7.94. The third-order valence-corrected chi connectivity index (χ3v) is 2.99. The first kappa shape index (κ1) is 13.8. The molecule has 1 aromatic rings. The highest BCUT2D eigenvalue weighted by atomic mass is 14.9. The molecule has 0 bridgehead atoms. The molecule has 0 radical (unpaired) electrons. The van der Waals surface area contributed by atoms with Crippen molar-refractivity contribution in [1.29, 1.82) is 0 Å². The summed E-state index contributed by atoms with van der Waals surface area (Å²) in [4.78, 5) is 0. The van der Waals surface area contributed by atoms with Crippen molar-refractivity contribution < 1.29 is 0 Å². The van der Waals surface area contributed by atoms with Gasteiger partial charge in [0.25, 0.3) is 0 Å². The summed E-state index contributed by atoms with van der Waals surface area (Å²) in [5.74, 6) is 0. The maximum atomic E-state index is 3.75. The third-order valence-electron chi connectivity index (χ3n) is 2.99. The molecule has 1 nitrogen and oxygen atoms in total. The van der Waals surface area contributed by atoms with Gasteiger partial charge in [0.1, 0.15) is 0 Å². The molecule has 94 valence electrons. The highest BCUT2D eigenvalue weighted by molar-refractivity contribution is 5.45. The first-order chi connectivity index (χ1) is 8.26. The van der Waals surface area contributed by atoms with Crippen molar-refractivity contribution >= 4 is 5.69 Å². The van der Waals surface area contributed by atoms with Crippen LogP contribution >= 0.6 is 0 Å². The van der Waals surface area contributed by atoms with Gasteiger partial charge in [-0.05, 0) is 50.3 Å². The van der Waals surface area contributed by atoms with Crippen molar-refractivity contribution in [2.24, 2.45) is 0 Å². The molecule has 0 aliphatic rings. The van der Waals surface area contributed by atoms with Gasteiger partial charge in [0.15, 0.2) is 0 Å². The monoisotopic (exact) mass is 231 g/mol.